The number of rotatable bonds is 3. The first-order chi connectivity index (χ1) is 9.25. The summed E-state index contributed by atoms with van der Waals surface area (Å²) in [5.41, 5.74) is -0.339. The Labute approximate surface area is 115 Å². The fourth-order valence-electron chi connectivity index (χ4n) is 2.85. The van der Waals surface area contributed by atoms with Crippen LogP contribution in [-0.4, -0.2) is 42.2 Å². The summed E-state index contributed by atoms with van der Waals surface area (Å²) in [7, 11) is 1.96. The van der Waals surface area contributed by atoms with E-state index in [2.05, 4.69) is 4.90 Å². The molecule has 1 heterocycles. The molecule has 0 aromatic rings. The van der Waals surface area contributed by atoms with Gasteiger partial charge in [-0.15, -0.1) is 0 Å². The molecule has 0 radical (unpaired) electrons. The first kappa shape index (κ1) is 15.0. The fraction of sp³-hybridized carbons (Fsp3) is 0.692. The molecule has 0 bridgehead atoms. The van der Waals surface area contributed by atoms with Crippen LogP contribution in [0.3, 0.4) is 0 Å². The van der Waals surface area contributed by atoms with Crippen molar-refractivity contribution in [3.05, 3.63) is 33.4 Å². The lowest BCUT2D eigenvalue weighted by Crippen LogP contribution is -2.26. The maximum Gasteiger partial charge on any atom is 0.412 e. The van der Waals surface area contributed by atoms with E-state index in [0.29, 0.717) is 12.0 Å². The van der Waals surface area contributed by atoms with E-state index < -0.39 is 29.1 Å². The predicted octanol–water partition coefficient (Wildman–Crippen LogP) is 2.79. The molecule has 0 saturated carbocycles. The highest BCUT2D eigenvalue weighted by atomic mass is 19.4. The molecule has 0 aromatic heterocycles. The van der Waals surface area contributed by atoms with Gasteiger partial charge in [-0.2, -0.15) is 13.2 Å². The van der Waals surface area contributed by atoms with Gasteiger partial charge >= 0.3 is 6.18 Å². The first-order valence-corrected chi connectivity index (χ1v) is 6.56. The number of halogens is 3. The van der Waals surface area contributed by atoms with Crippen molar-refractivity contribution in [1.82, 2.24) is 4.90 Å². The van der Waals surface area contributed by atoms with Gasteiger partial charge in [0.2, 0.25) is 6.04 Å². The summed E-state index contributed by atoms with van der Waals surface area (Å²) in [4.78, 5) is 12.3. The molecule has 7 heteroatoms. The number of allylic oxidation sites excluding steroid dienone is 2. The van der Waals surface area contributed by atoms with E-state index in [1.807, 2.05) is 7.05 Å². The maximum atomic E-state index is 12.8. The molecule has 112 valence electrons. The molecule has 2 atom stereocenters. The summed E-state index contributed by atoms with van der Waals surface area (Å²) in [5, 5.41) is 10.8. The molecule has 2 rings (SSSR count). The van der Waals surface area contributed by atoms with Crippen molar-refractivity contribution in [1.29, 1.82) is 0 Å². The Morgan fingerprint density at radius 2 is 2.20 bits per heavy atom. The molecule has 1 saturated heterocycles. The third kappa shape index (κ3) is 3.59. The van der Waals surface area contributed by atoms with Crippen LogP contribution in [0.4, 0.5) is 13.2 Å². The Hall–Kier alpha value is -1.37. The minimum absolute atomic E-state index is 0.280. The van der Waals surface area contributed by atoms with E-state index in [0.717, 1.165) is 25.6 Å². The van der Waals surface area contributed by atoms with Crippen molar-refractivity contribution in [2.45, 2.75) is 31.5 Å². The lowest BCUT2D eigenvalue weighted by atomic mass is 9.89. The Kier molecular flexibility index (Phi) is 4.17. The zero-order valence-electron chi connectivity index (χ0n) is 11.2. The average molecular weight is 290 g/mol. The molecule has 4 nitrogen and oxygen atoms in total. The van der Waals surface area contributed by atoms with Crippen molar-refractivity contribution in [3.8, 4) is 0 Å². The molecular formula is C13H17F3N2O2. The number of nitrogens with zero attached hydrogens (tertiary/aromatic N) is 2. The SMILES string of the molecule is CN1CCC(CC2=CC([N+](=O)[O-])CC(C(F)(F)F)=C2)C1. The third-order valence-electron chi connectivity index (χ3n) is 3.84. The van der Waals surface area contributed by atoms with Gasteiger partial charge in [0.25, 0.3) is 0 Å². The molecular weight excluding hydrogens is 273 g/mol. The van der Waals surface area contributed by atoms with E-state index >= 15 is 0 Å². The van der Waals surface area contributed by atoms with Gasteiger partial charge in [-0.25, -0.2) is 0 Å². The van der Waals surface area contributed by atoms with Gasteiger partial charge in [0, 0.05) is 23.5 Å². The van der Waals surface area contributed by atoms with Crippen LogP contribution in [0.25, 0.3) is 0 Å². The number of hydrogen-bond donors (Lipinski definition) is 0. The van der Waals surface area contributed by atoms with Crippen molar-refractivity contribution >= 4 is 0 Å². The number of alkyl halides is 3. The lowest BCUT2D eigenvalue weighted by molar-refractivity contribution is -0.509. The van der Waals surface area contributed by atoms with Crippen LogP contribution in [0.5, 0.6) is 0 Å². The van der Waals surface area contributed by atoms with Crippen molar-refractivity contribution in [2.24, 2.45) is 5.92 Å². The molecule has 0 aromatic carbocycles. The normalized spacial score (nSPS) is 28.2. The van der Waals surface area contributed by atoms with E-state index in [9.17, 15) is 23.3 Å². The third-order valence-corrected chi connectivity index (χ3v) is 3.84. The lowest BCUT2D eigenvalue weighted by Gasteiger charge is -2.20. The molecule has 20 heavy (non-hydrogen) atoms. The van der Waals surface area contributed by atoms with Crippen LogP contribution < -0.4 is 0 Å². The highest BCUT2D eigenvalue weighted by Crippen LogP contribution is 2.36. The van der Waals surface area contributed by atoms with Gasteiger partial charge in [-0.3, -0.25) is 10.1 Å². The summed E-state index contributed by atoms with van der Waals surface area (Å²) in [5.74, 6) is 0.280. The first-order valence-electron chi connectivity index (χ1n) is 6.56. The van der Waals surface area contributed by atoms with Crippen LogP contribution in [0, 0.1) is 16.0 Å². The minimum Gasteiger partial charge on any atom is -0.306 e. The standard InChI is InChI=1S/C13H17F3N2O2/c1-17-3-2-9(8-17)4-10-5-11(13(14,15)16)7-12(6-10)18(19)20/h5-6,9,12H,2-4,7-8H2,1H3. The summed E-state index contributed by atoms with van der Waals surface area (Å²) in [6.07, 6.45) is -1.17. The van der Waals surface area contributed by atoms with Crippen molar-refractivity contribution < 1.29 is 18.1 Å². The summed E-state index contributed by atoms with van der Waals surface area (Å²) in [6.45, 7) is 1.75. The van der Waals surface area contributed by atoms with Gasteiger partial charge in [-0.05, 0) is 44.0 Å². The number of likely N-dealkylation sites (tertiary alicyclic amines) is 1. The molecule has 0 N–H and O–H groups in total. The van der Waals surface area contributed by atoms with Gasteiger partial charge in [-0.1, -0.05) is 6.08 Å². The molecule has 1 fully saturated rings. The minimum atomic E-state index is -4.49. The number of hydrogen-bond acceptors (Lipinski definition) is 3. The highest BCUT2D eigenvalue weighted by molar-refractivity contribution is 5.32. The van der Waals surface area contributed by atoms with E-state index in [1.54, 1.807) is 0 Å². The fourth-order valence-corrected chi connectivity index (χ4v) is 2.85. The summed E-state index contributed by atoms with van der Waals surface area (Å²) in [6, 6.07) is -1.26. The maximum absolute atomic E-state index is 12.8. The topological polar surface area (TPSA) is 46.4 Å². The van der Waals surface area contributed by atoms with E-state index in [1.165, 1.54) is 6.08 Å². The van der Waals surface area contributed by atoms with Crippen molar-refractivity contribution in [3.63, 3.8) is 0 Å². The van der Waals surface area contributed by atoms with Crippen LogP contribution in [0.15, 0.2) is 23.3 Å². The monoisotopic (exact) mass is 290 g/mol. The Morgan fingerprint density at radius 1 is 1.50 bits per heavy atom. The summed E-state index contributed by atoms with van der Waals surface area (Å²) < 4.78 is 38.4. The van der Waals surface area contributed by atoms with Gasteiger partial charge < -0.3 is 4.90 Å². The molecule has 1 aliphatic heterocycles. The second kappa shape index (κ2) is 5.55. The summed E-state index contributed by atoms with van der Waals surface area (Å²) >= 11 is 0. The molecule has 2 unspecified atom stereocenters. The van der Waals surface area contributed by atoms with E-state index in [-0.39, 0.29) is 5.92 Å². The van der Waals surface area contributed by atoms with Gasteiger partial charge in [0.15, 0.2) is 0 Å². The van der Waals surface area contributed by atoms with Crippen LogP contribution in [-0.2, 0) is 0 Å². The Morgan fingerprint density at radius 3 is 2.70 bits per heavy atom. The van der Waals surface area contributed by atoms with Crippen LogP contribution >= 0.6 is 0 Å². The molecule has 1 aliphatic carbocycles. The Bertz CT molecular complexity index is 457. The van der Waals surface area contributed by atoms with E-state index in [4.69, 9.17) is 0 Å². The van der Waals surface area contributed by atoms with Crippen LogP contribution in [0.1, 0.15) is 19.3 Å². The predicted molar refractivity (Wildman–Crippen MR) is 67.8 cm³/mol. The Balaban J connectivity index is 2.15. The second-order valence-electron chi connectivity index (χ2n) is 5.59. The quantitative estimate of drug-likeness (QED) is 0.593. The van der Waals surface area contributed by atoms with Gasteiger partial charge in [0.1, 0.15) is 0 Å². The largest absolute Gasteiger partial charge is 0.412 e. The zero-order valence-corrected chi connectivity index (χ0v) is 11.2. The number of nitro groups is 1. The molecule has 2 aliphatic rings. The average Bonchev–Trinajstić information content (AvgIpc) is 2.73. The smallest absolute Gasteiger partial charge is 0.306 e. The highest BCUT2D eigenvalue weighted by Gasteiger charge is 2.39. The van der Waals surface area contributed by atoms with Crippen molar-refractivity contribution in [2.75, 3.05) is 20.1 Å². The van der Waals surface area contributed by atoms with Crippen LogP contribution in [0.2, 0.25) is 0 Å². The molecule has 0 spiro atoms. The van der Waals surface area contributed by atoms with Gasteiger partial charge in [0.05, 0.1) is 0 Å². The zero-order chi connectivity index (χ0) is 14.9. The second-order valence-corrected chi connectivity index (χ2v) is 5.59. The molecule has 0 amide bonds.